The molecular formula is C24H30F2N2O3. The van der Waals surface area contributed by atoms with Crippen molar-refractivity contribution in [3.8, 4) is 0 Å². The lowest BCUT2D eigenvalue weighted by molar-refractivity contribution is -0.0145. The van der Waals surface area contributed by atoms with E-state index in [1.54, 1.807) is 24.3 Å². The van der Waals surface area contributed by atoms with Gasteiger partial charge in [0.15, 0.2) is 0 Å². The first-order chi connectivity index (χ1) is 14.9. The number of aliphatic hydroxyl groups is 1. The summed E-state index contributed by atoms with van der Waals surface area (Å²) in [6.45, 7) is 2.94. The number of nitrogens with one attached hydrogen (secondary N) is 1. The molecule has 0 spiro atoms. The highest BCUT2D eigenvalue weighted by molar-refractivity contribution is 5.66. The van der Waals surface area contributed by atoms with Crippen molar-refractivity contribution in [3.05, 3.63) is 71.3 Å². The minimum absolute atomic E-state index is 0.0729. The maximum Gasteiger partial charge on any atom is 0.406 e. The van der Waals surface area contributed by atoms with Gasteiger partial charge in [-0.3, -0.25) is 0 Å². The molecule has 0 radical (unpaired) electrons. The smallest absolute Gasteiger partial charge is 0.406 e. The summed E-state index contributed by atoms with van der Waals surface area (Å²) >= 11 is 0. The van der Waals surface area contributed by atoms with Crippen LogP contribution in [0.4, 0.5) is 13.6 Å². The van der Waals surface area contributed by atoms with Crippen LogP contribution in [0.5, 0.6) is 0 Å². The molecule has 0 aromatic heterocycles. The van der Waals surface area contributed by atoms with Gasteiger partial charge >= 0.3 is 6.09 Å². The number of carbonyl (C=O) groups excluding carboxylic acids is 1. The van der Waals surface area contributed by atoms with Gasteiger partial charge in [0.2, 0.25) is 0 Å². The Morgan fingerprint density at radius 3 is 2.03 bits per heavy atom. The van der Waals surface area contributed by atoms with Gasteiger partial charge in [-0.1, -0.05) is 24.3 Å². The quantitative estimate of drug-likeness (QED) is 0.618. The normalized spacial score (nSPS) is 15.6. The van der Waals surface area contributed by atoms with Crippen molar-refractivity contribution in [2.24, 2.45) is 5.92 Å². The fraction of sp³-hybridized carbons (Fsp3) is 0.458. The zero-order valence-electron chi connectivity index (χ0n) is 17.8. The SMILES string of the molecule is CNC(=O)OCCCCN1CCC(C(O)(c2ccc(F)cc2)c2ccc(F)cc2)CC1. The summed E-state index contributed by atoms with van der Waals surface area (Å²) in [5.74, 6) is -0.794. The lowest BCUT2D eigenvalue weighted by Gasteiger charge is -2.42. The number of piperidine rings is 1. The van der Waals surface area contributed by atoms with E-state index in [4.69, 9.17) is 4.74 Å². The molecule has 1 fully saturated rings. The second-order valence-corrected chi connectivity index (χ2v) is 7.99. The molecule has 31 heavy (non-hydrogen) atoms. The molecular weight excluding hydrogens is 402 g/mol. The van der Waals surface area contributed by atoms with Gasteiger partial charge in [-0.15, -0.1) is 0 Å². The zero-order valence-corrected chi connectivity index (χ0v) is 17.8. The van der Waals surface area contributed by atoms with E-state index in [9.17, 15) is 18.7 Å². The van der Waals surface area contributed by atoms with Crippen molar-refractivity contribution in [2.45, 2.75) is 31.3 Å². The van der Waals surface area contributed by atoms with Crippen LogP contribution in [0.3, 0.4) is 0 Å². The Labute approximate surface area is 182 Å². The third kappa shape index (κ3) is 5.80. The molecule has 0 unspecified atom stereocenters. The van der Waals surface area contributed by atoms with E-state index < -0.39 is 11.7 Å². The lowest BCUT2D eigenvalue weighted by Crippen LogP contribution is -2.44. The largest absolute Gasteiger partial charge is 0.450 e. The van der Waals surface area contributed by atoms with Crippen LogP contribution in [-0.2, 0) is 10.3 Å². The first kappa shape index (κ1) is 23.2. The number of ether oxygens (including phenoxy) is 1. The Bertz CT molecular complexity index is 789. The summed E-state index contributed by atoms with van der Waals surface area (Å²) in [4.78, 5) is 13.4. The van der Waals surface area contributed by atoms with E-state index in [2.05, 4.69) is 10.2 Å². The van der Waals surface area contributed by atoms with Crippen LogP contribution in [0.1, 0.15) is 36.8 Å². The van der Waals surface area contributed by atoms with Gasteiger partial charge in [-0.05, 0) is 86.6 Å². The summed E-state index contributed by atoms with van der Waals surface area (Å²) in [7, 11) is 1.53. The monoisotopic (exact) mass is 432 g/mol. The van der Waals surface area contributed by atoms with Crippen LogP contribution in [0.15, 0.2) is 48.5 Å². The van der Waals surface area contributed by atoms with Crippen LogP contribution >= 0.6 is 0 Å². The van der Waals surface area contributed by atoms with Crippen molar-refractivity contribution < 1.29 is 23.4 Å². The average molecular weight is 433 g/mol. The summed E-state index contributed by atoms with van der Waals surface area (Å²) in [6.07, 6.45) is 2.83. The number of carbonyl (C=O) groups is 1. The van der Waals surface area contributed by atoms with E-state index >= 15 is 0 Å². The molecule has 2 aromatic carbocycles. The molecule has 1 aliphatic heterocycles. The molecule has 1 aliphatic rings. The molecule has 168 valence electrons. The highest BCUT2D eigenvalue weighted by Gasteiger charge is 2.41. The summed E-state index contributed by atoms with van der Waals surface area (Å²) < 4.78 is 32.0. The van der Waals surface area contributed by atoms with Crippen molar-refractivity contribution >= 4 is 6.09 Å². The van der Waals surface area contributed by atoms with E-state index in [0.717, 1.165) is 45.3 Å². The Morgan fingerprint density at radius 2 is 1.55 bits per heavy atom. The minimum atomic E-state index is -1.31. The van der Waals surface area contributed by atoms with Crippen molar-refractivity contribution in [3.63, 3.8) is 0 Å². The van der Waals surface area contributed by atoms with Crippen molar-refractivity contribution in [1.82, 2.24) is 10.2 Å². The number of amides is 1. The predicted molar refractivity (Wildman–Crippen MR) is 115 cm³/mol. The molecule has 0 atom stereocenters. The number of halogens is 2. The van der Waals surface area contributed by atoms with E-state index in [1.165, 1.54) is 31.3 Å². The van der Waals surface area contributed by atoms with Gasteiger partial charge in [0.05, 0.1) is 6.61 Å². The van der Waals surface area contributed by atoms with E-state index in [0.29, 0.717) is 17.7 Å². The van der Waals surface area contributed by atoms with Crippen molar-refractivity contribution in [1.29, 1.82) is 0 Å². The molecule has 2 aromatic rings. The highest BCUT2D eigenvalue weighted by Crippen LogP contribution is 2.42. The number of likely N-dealkylation sites (tertiary alicyclic amines) is 1. The Balaban J connectivity index is 1.63. The standard InChI is InChI=1S/C24H30F2N2O3/c1-27-23(29)31-17-3-2-14-28-15-12-20(13-16-28)24(30,18-4-8-21(25)9-5-18)19-6-10-22(26)11-7-19/h4-11,20,30H,2-3,12-17H2,1H3,(H,27,29). The number of alkyl carbamates (subject to hydrolysis) is 1. The number of nitrogens with zero attached hydrogens (tertiary/aromatic N) is 1. The third-order valence-corrected chi connectivity index (χ3v) is 6.05. The van der Waals surface area contributed by atoms with Gasteiger partial charge in [0.25, 0.3) is 0 Å². The highest BCUT2D eigenvalue weighted by atomic mass is 19.1. The predicted octanol–water partition coefficient (Wildman–Crippen LogP) is 4.05. The Hall–Kier alpha value is -2.51. The van der Waals surface area contributed by atoms with Crippen LogP contribution in [0.25, 0.3) is 0 Å². The van der Waals surface area contributed by atoms with Gasteiger partial charge in [-0.2, -0.15) is 0 Å². The molecule has 2 N–H and O–H groups in total. The number of rotatable bonds is 8. The maximum atomic E-state index is 13.5. The number of unbranched alkanes of at least 4 members (excludes halogenated alkanes) is 1. The molecule has 0 aliphatic carbocycles. The first-order valence-electron chi connectivity index (χ1n) is 10.7. The molecule has 5 nitrogen and oxygen atoms in total. The van der Waals surface area contributed by atoms with Crippen LogP contribution < -0.4 is 5.32 Å². The number of hydrogen-bond acceptors (Lipinski definition) is 4. The lowest BCUT2D eigenvalue weighted by atomic mass is 9.72. The van der Waals surface area contributed by atoms with Crippen molar-refractivity contribution in [2.75, 3.05) is 33.3 Å². The summed E-state index contributed by atoms with van der Waals surface area (Å²) in [5, 5.41) is 14.3. The van der Waals surface area contributed by atoms with E-state index in [-0.39, 0.29) is 17.6 Å². The van der Waals surface area contributed by atoms with Crippen LogP contribution in [0, 0.1) is 17.6 Å². The average Bonchev–Trinajstić information content (AvgIpc) is 2.79. The Kier molecular flexibility index (Phi) is 7.98. The summed E-state index contributed by atoms with van der Waals surface area (Å²) in [6, 6.07) is 11.8. The molecule has 0 saturated carbocycles. The van der Waals surface area contributed by atoms with Gasteiger partial charge in [0, 0.05) is 7.05 Å². The van der Waals surface area contributed by atoms with Gasteiger partial charge in [0.1, 0.15) is 17.2 Å². The maximum absolute atomic E-state index is 13.5. The first-order valence-corrected chi connectivity index (χ1v) is 10.7. The van der Waals surface area contributed by atoms with E-state index in [1.807, 2.05) is 0 Å². The minimum Gasteiger partial charge on any atom is -0.450 e. The molecule has 0 bridgehead atoms. The fourth-order valence-corrected chi connectivity index (χ4v) is 4.29. The molecule has 1 heterocycles. The zero-order chi connectivity index (χ0) is 22.3. The second-order valence-electron chi connectivity index (χ2n) is 7.99. The summed E-state index contributed by atoms with van der Waals surface area (Å²) in [5.41, 5.74) is -0.0786. The number of benzene rings is 2. The van der Waals surface area contributed by atoms with Gasteiger partial charge < -0.3 is 20.1 Å². The molecule has 1 amide bonds. The topological polar surface area (TPSA) is 61.8 Å². The number of hydrogen-bond donors (Lipinski definition) is 2. The van der Waals surface area contributed by atoms with Crippen LogP contribution in [0.2, 0.25) is 0 Å². The second kappa shape index (κ2) is 10.7. The van der Waals surface area contributed by atoms with Crippen LogP contribution in [-0.4, -0.2) is 49.4 Å². The Morgan fingerprint density at radius 1 is 1.03 bits per heavy atom. The third-order valence-electron chi connectivity index (χ3n) is 6.05. The molecule has 7 heteroatoms. The fourth-order valence-electron chi connectivity index (χ4n) is 4.29. The van der Waals surface area contributed by atoms with Gasteiger partial charge in [-0.25, -0.2) is 13.6 Å². The molecule has 1 saturated heterocycles. The molecule has 3 rings (SSSR count).